The number of alkyl halides is 3. The summed E-state index contributed by atoms with van der Waals surface area (Å²) in [5.74, 6) is -0.572. The Morgan fingerprint density at radius 3 is 2.38 bits per heavy atom. The van der Waals surface area contributed by atoms with Crippen molar-refractivity contribution in [1.82, 2.24) is 5.32 Å². The highest BCUT2D eigenvalue weighted by molar-refractivity contribution is 5.85. The highest BCUT2D eigenvalue weighted by Gasteiger charge is 2.30. The fraction of sp³-hybridized carbons (Fsp3) is 0.462. The van der Waals surface area contributed by atoms with E-state index in [1.54, 1.807) is 0 Å². The molecule has 1 aromatic carbocycles. The van der Waals surface area contributed by atoms with Gasteiger partial charge in [-0.25, -0.2) is 0 Å². The Balaban J connectivity index is 0.00000400. The van der Waals surface area contributed by atoms with E-state index in [4.69, 9.17) is 5.73 Å². The first-order valence-electron chi connectivity index (χ1n) is 6.20. The van der Waals surface area contributed by atoms with Gasteiger partial charge >= 0.3 is 6.36 Å². The Hall–Kier alpha value is -1.47. The minimum Gasteiger partial charge on any atom is -0.406 e. The number of nitrogens with one attached hydrogen (secondary N) is 1. The predicted molar refractivity (Wildman–Crippen MR) is 75.1 cm³/mol. The second kappa shape index (κ2) is 8.74. The molecule has 0 bridgehead atoms. The van der Waals surface area contributed by atoms with Crippen molar-refractivity contribution in [1.29, 1.82) is 0 Å². The lowest BCUT2D eigenvalue weighted by Crippen LogP contribution is -2.40. The summed E-state index contributed by atoms with van der Waals surface area (Å²) in [5.41, 5.74) is 6.29. The number of halogens is 4. The minimum absolute atomic E-state index is 0. The summed E-state index contributed by atoms with van der Waals surface area (Å²) in [6, 6.07) is 4.73. The standard InChI is InChI=1S/C13H17F3N2O2.ClH/c1-2-3-11(17)12(19)18-8-9-4-6-10(7-5-9)20-13(14,15)16;/h4-7,11H,2-3,8,17H2,1H3,(H,18,19);1H. The summed E-state index contributed by atoms with van der Waals surface area (Å²) < 4.78 is 39.6. The Bertz CT molecular complexity index is 438. The molecule has 0 aliphatic carbocycles. The molecule has 1 unspecified atom stereocenters. The maximum atomic E-state index is 12.0. The molecule has 1 amide bonds. The van der Waals surface area contributed by atoms with Crippen molar-refractivity contribution in [2.45, 2.75) is 38.7 Å². The number of hydrogen-bond acceptors (Lipinski definition) is 3. The van der Waals surface area contributed by atoms with Crippen LogP contribution in [-0.2, 0) is 11.3 Å². The van der Waals surface area contributed by atoms with Crippen LogP contribution in [0.1, 0.15) is 25.3 Å². The van der Waals surface area contributed by atoms with Gasteiger partial charge in [-0.2, -0.15) is 0 Å². The van der Waals surface area contributed by atoms with E-state index in [0.717, 1.165) is 6.42 Å². The van der Waals surface area contributed by atoms with Crippen molar-refractivity contribution in [2.75, 3.05) is 0 Å². The SMILES string of the molecule is CCCC(N)C(=O)NCc1ccc(OC(F)(F)F)cc1.Cl. The molecule has 1 aromatic rings. The molecule has 0 radical (unpaired) electrons. The number of hydrogen-bond donors (Lipinski definition) is 2. The van der Waals surface area contributed by atoms with E-state index in [-0.39, 0.29) is 30.6 Å². The number of carbonyl (C=O) groups excluding carboxylic acids is 1. The van der Waals surface area contributed by atoms with E-state index in [0.29, 0.717) is 12.0 Å². The lowest BCUT2D eigenvalue weighted by Gasteiger charge is -2.12. The Kier molecular flexibility index (Phi) is 8.12. The summed E-state index contributed by atoms with van der Waals surface area (Å²) in [6.07, 6.45) is -3.31. The van der Waals surface area contributed by atoms with Gasteiger partial charge in [0.1, 0.15) is 5.75 Å². The molecule has 0 saturated carbocycles. The smallest absolute Gasteiger partial charge is 0.406 e. The Morgan fingerprint density at radius 2 is 1.90 bits per heavy atom. The summed E-state index contributed by atoms with van der Waals surface area (Å²) in [6.45, 7) is 2.13. The average molecular weight is 327 g/mol. The molecule has 21 heavy (non-hydrogen) atoms. The van der Waals surface area contributed by atoms with Gasteiger partial charge in [0, 0.05) is 6.54 Å². The second-order valence-corrected chi connectivity index (χ2v) is 4.30. The fourth-order valence-corrected chi connectivity index (χ4v) is 1.57. The third-order valence-electron chi connectivity index (χ3n) is 2.56. The van der Waals surface area contributed by atoms with Crippen LogP contribution in [0.2, 0.25) is 0 Å². The molecule has 8 heteroatoms. The van der Waals surface area contributed by atoms with Crippen molar-refractivity contribution in [3.05, 3.63) is 29.8 Å². The van der Waals surface area contributed by atoms with Crippen LogP contribution in [0, 0.1) is 0 Å². The fourth-order valence-electron chi connectivity index (χ4n) is 1.57. The maximum absolute atomic E-state index is 12.0. The van der Waals surface area contributed by atoms with Crippen LogP contribution >= 0.6 is 12.4 Å². The van der Waals surface area contributed by atoms with Crippen LogP contribution in [0.4, 0.5) is 13.2 Å². The first kappa shape index (κ1) is 19.5. The molecule has 0 aliphatic heterocycles. The van der Waals surface area contributed by atoms with E-state index in [1.807, 2.05) is 6.92 Å². The van der Waals surface area contributed by atoms with Gasteiger partial charge in [0.05, 0.1) is 6.04 Å². The molecule has 0 saturated heterocycles. The van der Waals surface area contributed by atoms with E-state index in [1.165, 1.54) is 24.3 Å². The molecule has 3 N–H and O–H groups in total. The van der Waals surface area contributed by atoms with Crippen LogP contribution in [0.3, 0.4) is 0 Å². The van der Waals surface area contributed by atoms with Gasteiger partial charge in [-0.05, 0) is 24.1 Å². The van der Waals surface area contributed by atoms with E-state index in [2.05, 4.69) is 10.1 Å². The minimum atomic E-state index is -4.71. The topological polar surface area (TPSA) is 64.4 Å². The van der Waals surface area contributed by atoms with Crippen LogP contribution in [0.25, 0.3) is 0 Å². The summed E-state index contributed by atoms with van der Waals surface area (Å²) in [5, 5.41) is 2.62. The molecule has 1 rings (SSSR count). The summed E-state index contributed by atoms with van der Waals surface area (Å²) in [7, 11) is 0. The van der Waals surface area contributed by atoms with E-state index < -0.39 is 12.4 Å². The van der Waals surface area contributed by atoms with Gasteiger partial charge in [0.2, 0.25) is 5.91 Å². The Morgan fingerprint density at radius 1 is 1.33 bits per heavy atom. The van der Waals surface area contributed by atoms with Crippen molar-refractivity contribution in [3.63, 3.8) is 0 Å². The van der Waals surface area contributed by atoms with E-state index in [9.17, 15) is 18.0 Å². The molecule has 120 valence electrons. The molecule has 0 spiro atoms. The van der Waals surface area contributed by atoms with Crippen LogP contribution in [0.15, 0.2) is 24.3 Å². The van der Waals surface area contributed by atoms with Crippen molar-refractivity contribution in [2.24, 2.45) is 5.73 Å². The van der Waals surface area contributed by atoms with E-state index >= 15 is 0 Å². The zero-order chi connectivity index (χ0) is 15.2. The third-order valence-corrected chi connectivity index (χ3v) is 2.56. The molecule has 0 fully saturated rings. The predicted octanol–water partition coefficient (Wildman–Crippen LogP) is 2.75. The molecule has 4 nitrogen and oxygen atoms in total. The molecule has 0 aliphatic rings. The zero-order valence-electron chi connectivity index (χ0n) is 11.4. The van der Waals surface area contributed by atoms with Crippen LogP contribution in [0.5, 0.6) is 5.75 Å². The lowest BCUT2D eigenvalue weighted by atomic mass is 10.1. The van der Waals surface area contributed by atoms with Gasteiger partial charge in [-0.15, -0.1) is 25.6 Å². The average Bonchev–Trinajstić information content (AvgIpc) is 2.36. The largest absolute Gasteiger partial charge is 0.573 e. The number of benzene rings is 1. The molecular formula is C13H18ClF3N2O2. The number of ether oxygens (including phenoxy) is 1. The summed E-state index contributed by atoms with van der Waals surface area (Å²) in [4.78, 5) is 11.6. The Labute approximate surface area is 127 Å². The first-order chi connectivity index (χ1) is 9.31. The molecular weight excluding hydrogens is 309 g/mol. The van der Waals surface area contributed by atoms with Crippen LogP contribution in [-0.4, -0.2) is 18.3 Å². The van der Waals surface area contributed by atoms with Crippen LogP contribution < -0.4 is 15.8 Å². The highest BCUT2D eigenvalue weighted by Crippen LogP contribution is 2.22. The number of carbonyl (C=O) groups is 1. The lowest BCUT2D eigenvalue weighted by molar-refractivity contribution is -0.274. The van der Waals surface area contributed by atoms with Crippen molar-refractivity contribution >= 4 is 18.3 Å². The normalized spacial score (nSPS) is 12.2. The highest BCUT2D eigenvalue weighted by atomic mass is 35.5. The van der Waals surface area contributed by atoms with Gasteiger partial charge in [-0.1, -0.05) is 25.5 Å². The third kappa shape index (κ3) is 7.77. The van der Waals surface area contributed by atoms with Crippen molar-refractivity contribution in [3.8, 4) is 5.75 Å². The molecule has 0 heterocycles. The molecule has 0 aromatic heterocycles. The maximum Gasteiger partial charge on any atom is 0.573 e. The van der Waals surface area contributed by atoms with Gasteiger partial charge < -0.3 is 15.8 Å². The van der Waals surface area contributed by atoms with Crippen molar-refractivity contribution < 1.29 is 22.7 Å². The van der Waals surface area contributed by atoms with Gasteiger partial charge in [-0.3, -0.25) is 4.79 Å². The second-order valence-electron chi connectivity index (χ2n) is 4.30. The quantitative estimate of drug-likeness (QED) is 0.845. The first-order valence-corrected chi connectivity index (χ1v) is 6.20. The summed E-state index contributed by atoms with van der Waals surface area (Å²) >= 11 is 0. The monoisotopic (exact) mass is 326 g/mol. The van der Waals surface area contributed by atoms with Gasteiger partial charge in [0.15, 0.2) is 0 Å². The number of rotatable bonds is 6. The zero-order valence-corrected chi connectivity index (χ0v) is 12.3. The van der Waals surface area contributed by atoms with Gasteiger partial charge in [0.25, 0.3) is 0 Å². The number of amides is 1. The number of nitrogens with two attached hydrogens (primary N) is 1. The molecule has 1 atom stereocenters.